The van der Waals surface area contributed by atoms with E-state index in [9.17, 15) is 13.2 Å². The van der Waals surface area contributed by atoms with Crippen molar-refractivity contribution in [1.82, 2.24) is 4.72 Å². The average Bonchev–Trinajstić information content (AvgIpc) is 2.58. The molecule has 0 saturated carbocycles. The highest BCUT2D eigenvalue weighted by atomic mass is 32.2. The maximum Gasteiger partial charge on any atom is 0.240 e. The number of aryl methyl sites for hydroxylation is 3. The van der Waals surface area contributed by atoms with Crippen LogP contribution >= 0.6 is 0 Å². The van der Waals surface area contributed by atoms with E-state index in [0.29, 0.717) is 6.42 Å². The molecule has 2 rings (SSSR count). The fourth-order valence-corrected chi connectivity index (χ4v) is 3.68. The largest absolute Gasteiger partial charge is 0.326 e. The Hall–Kier alpha value is -2.18. The lowest BCUT2D eigenvalue weighted by Crippen LogP contribution is -2.26. The van der Waals surface area contributed by atoms with Gasteiger partial charge in [-0.15, -0.1) is 0 Å². The van der Waals surface area contributed by atoms with Crippen LogP contribution in [0.4, 0.5) is 5.69 Å². The standard InChI is InChI=1S/C20H26N2O3S/c1-14-10-11-18(13-16(14)3)26(24,25)21-12-6-9-20(23)22-19-8-5-7-15(2)17(19)4/h5,7-8,10-11,13,21H,6,9,12H2,1-4H3,(H,22,23). The topological polar surface area (TPSA) is 75.3 Å². The third kappa shape index (κ3) is 5.16. The Labute approximate surface area is 155 Å². The first-order chi connectivity index (χ1) is 12.2. The second kappa shape index (κ2) is 8.47. The molecule has 0 aliphatic carbocycles. The van der Waals surface area contributed by atoms with Gasteiger partial charge in [-0.05, 0) is 74.6 Å². The van der Waals surface area contributed by atoms with Crippen molar-refractivity contribution in [2.45, 2.75) is 45.4 Å². The number of hydrogen-bond acceptors (Lipinski definition) is 3. The molecule has 0 spiro atoms. The van der Waals surface area contributed by atoms with Gasteiger partial charge < -0.3 is 5.32 Å². The molecule has 0 aliphatic rings. The number of hydrogen-bond donors (Lipinski definition) is 2. The number of carbonyl (C=O) groups is 1. The van der Waals surface area contributed by atoms with E-state index in [4.69, 9.17) is 0 Å². The van der Waals surface area contributed by atoms with E-state index in [1.54, 1.807) is 18.2 Å². The Bertz CT molecular complexity index is 905. The molecule has 1 amide bonds. The van der Waals surface area contributed by atoms with Gasteiger partial charge in [0, 0.05) is 18.7 Å². The molecule has 2 aromatic carbocycles. The minimum atomic E-state index is -3.55. The molecule has 0 radical (unpaired) electrons. The molecule has 0 aromatic heterocycles. The van der Waals surface area contributed by atoms with Gasteiger partial charge in [0.2, 0.25) is 15.9 Å². The number of sulfonamides is 1. The predicted molar refractivity (Wildman–Crippen MR) is 105 cm³/mol. The van der Waals surface area contributed by atoms with Gasteiger partial charge in [-0.3, -0.25) is 4.79 Å². The van der Waals surface area contributed by atoms with E-state index < -0.39 is 10.0 Å². The van der Waals surface area contributed by atoms with Crippen LogP contribution in [-0.2, 0) is 14.8 Å². The summed E-state index contributed by atoms with van der Waals surface area (Å²) < 4.78 is 27.2. The highest BCUT2D eigenvalue weighted by Crippen LogP contribution is 2.18. The van der Waals surface area contributed by atoms with Gasteiger partial charge in [0.1, 0.15) is 0 Å². The van der Waals surface area contributed by atoms with Crippen LogP contribution in [0.15, 0.2) is 41.3 Å². The van der Waals surface area contributed by atoms with Crippen LogP contribution in [0.2, 0.25) is 0 Å². The number of nitrogens with one attached hydrogen (secondary N) is 2. The van der Waals surface area contributed by atoms with E-state index in [1.807, 2.05) is 45.9 Å². The van der Waals surface area contributed by atoms with Gasteiger partial charge in [-0.25, -0.2) is 13.1 Å². The van der Waals surface area contributed by atoms with E-state index in [1.165, 1.54) is 0 Å². The molecule has 0 aliphatic heterocycles. The molecule has 0 unspecified atom stereocenters. The summed E-state index contributed by atoms with van der Waals surface area (Å²) in [6.45, 7) is 7.99. The Kier molecular flexibility index (Phi) is 6.56. The van der Waals surface area contributed by atoms with Crippen molar-refractivity contribution >= 4 is 21.6 Å². The van der Waals surface area contributed by atoms with Crippen molar-refractivity contribution < 1.29 is 13.2 Å². The molecule has 0 bridgehead atoms. The van der Waals surface area contributed by atoms with Crippen LogP contribution in [-0.4, -0.2) is 20.9 Å². The molecule has 5 nitrogen and oxygen atoms in total. The van der Waals surface area contributed by atoms with Gasteiger partial charge in [0.05, 0.1) is 4.90 Å². The summed E-state index contributed by atoms with van der Waals surface area (Å²) in [7, 11) is -3.55. The van der Waals surface area contributed by atoms with Crippen molar-refractivity contribution in [3.63, 3.8) is 0 Å². The highest BCUT2D eigenvalue weighted by molar-refractivity contribution is 7.89. The quantitative estimate of drug-likeness (QED) is 0.727. The highest BCUT2D eigenvalue weighted by Gasteiger charge is 2.14. The van der Waals surface area contributed by atoms with Crippen LogP contribution in [0, 0.1) is 27.7 Å². The maximum atomic E-state index is 12.3. The van der Waals surface area contributed by atoms with Crippen LogP contribution in [0.5, 0.6) is 0 Å². The predicted octanol–water partition coefficient (Wildman–Crippen LogP) is 3.62. The average molecular weight is 375 g/mol. The third-order valence-electron chi connectivity index (χ3n) is 4.54. The molecule has 0 heterocycles. The Morgan fingerprint density at radius 1 is 0.962 bits per heavy atom. The zero-order chi connectivity index (χ0) is 19.3. The van der Waals surface area contributed by atoms with Gasteiger partial charge in [0.25, 0.3) is 0 Å². The molecule has 140 valence electrons. The Balaban J connectivity index is 1.84. The van der Waals surface area contributed by atoms with Gasteiger partial charge in [-0.1, -0.05) is 18.2 Å². The summed E-state index contributed by atoms with van der Waals surface area (Å²) in [5.41, 5.74) is 4.93. The molecular weight excluding hydrogens is 348 g/mol. The molecule has 0 saturated heterocycles. The van der Waals surface area contributed by atoms with E-state index in [2.05, 4.69) is 10.0 Å². The van der Waals surface area contributed by atoms with E-state index in [-0.39, 0.29) is 23.8 Å². The number of carbonyl (C=O) groups excluding carboxylic acids is 1. The van der Waals surface area contributed by atoms with Crippen molar-refractivity contribution in [1.29, 1.82) is 0 Å². The van der Waals surface area contributed by atoms with E-state index >= 15 is 0 Å². The number of amides is 1. The maximum absolute atomic E-state index is 12.3. The summed E-state index contributed by atoms with van der Waals surface area (Å²) in [4.78, 5) is 12.3. The van der Waals surface area contributed by atoms with Crippen molar-refractivity contribution in [3.05, 3.63) is 58.7 Å². The number of benzene rings is 2. The first kappa shape index (κ1) is 20.1. The molecule has 0 atom stereocenters. The van der Waals surface area contributed by atoms with Gasteiger partial charge in [-0.2, -0.15) is 0 Å². The zero-order valence-corrected chi connectivity index (χ0v) is 16.5. The summed E-state index contributed by atoms with van der Waals surface area (Å²) in [6.07, 6.45) is 0.684. The van der Waals surface area contributed by atoms with Crippen molar-refractivity contribution in [2.75, 3.05) is 11.9 Å². The normalized spacial score (nSPS) is 11.4. The lowest BCUT2D eigenvalue weighted by molar-refractivity contribution is -0.116. The van der Waals surface area contributed by atoms with E-state index in [0.717, 1.165) is 27.9 Å². The number of anilines is 1. The monoisotopic (exact) mass is 374 g/mol. The fourth-order valence-electron chi connectivity index (χ4n) is 2.52. The molecule has 0 fully saturated rings. The first-order valence-electron chi connectivity index (χ1n) is 8.63. The second-order valence-corrected chi connectivity index (χ2v) is 8.31. The first-order valence-corrected chi connectivity index (χ1v) is 10.1. The summed E-state index contributed by atoms with van der Waals surface area (Å²) in [5.74, 6) is -0.121. The summed E-state index contributed by atoms with van der Waals surface area (Å²) in [5, 5.41) is 2.88. The van der Waals surface area contributed by atoms with Gasteiger partial charge >= 0.3 is 0 Å². The fraction of sp³-hybridized carbons (Fsp3) is 0.350. The van der Waals surface area contributed by atoms with Crippen LogP contribution < -0.4 is 10.0 Å². The molecular formula is C20H26N2O3S. The summed E-state index contributed by atoms with van der Waals surface area (Å²) >= 11 is 0. The lowest BCUT2D eigenvalue weighted by atomic mass is 10.1. The van der Waals surface area contributed by atoms with Gasteiger partial charge in [0.15, 0.2) is 0 Å². The van der Waals surface area contributed by atoms with Crippen molar-refractivity contribution in [3.8, 4) is 0 Å². The molecule has 26 heavy (non-hydrogen) atoms. The molecule has 2 N–H and O–H groups in total. The van der Waals surface area contributed by atoms with Crippen LogP contribution in [0.25, 0.3) is 0 Å². The summed E-state index contributed by atoms with van der Waals surface area (Å²) in [6, 6.07) is 10.8. The smallest absolute Gasteiger partial charge is 0.240 e. The zero-order valence-electron chi connectivity index (χ0n) is 15.7. The van der Waals surface area contributed by atoms with Crippen LogP contribution in [0.3, 0.4) is 0 Å². The Morgan fingerprint density at radius 3 is 2.38 bits per heavy atom. The van der Waals surface area contributed by atoms with Crippen molar-refractivity contribution in [2.24, 2.45) is 0 Å². The number of rotatable bonds is 7. The molecule has 2 aromatic rings. The second-order valence-electron chi connectivity index (χ2n) is 6.54. The molecule has 6 heteroatoms. The Morgan fingerprint density at radius 2 is 1.69 bits per heavy atom. The SMILES string of the molecule is Cc1ccc(S(=O)(=O)NCCCC(=O)Nc2cccc(C)c2C)cc1C. The van der Waals surface area contributed by atoms with Crippen LogP contribution in [0.1, 0.15) is 35.1 Å². The lowest BCUT2D eigenvalue weighted by Gasteiger charge is -2.11. The third-order valence-corrected chi connectivity index (χ3v) is 6.00. The minimum absolute atomic E-state index is 0.121. The minimum Gasteiger partial charge on any atom is -0.326 e.